The molecule has 0 spiro atoms. The molecule has 150 valence electrons. The van der Waals surface area contributed by atoms with Crippen LogP contribution >= 0.6 is 0 Å². The van der Waals surface area contributed by atoms with E-state index in [1.54, 1.807) is 11.3 Å². The second kappa shape index (κ2) is 6.35. The normalized spacial score (nSPS) is 49.6. The first-order valence-electron chi connectivity index (χ1n) is 11.4. The van der Waals surface area contributed by atoms with E-state index in [1.807, 2.05) is 0 Å². The summed E-state index contributed by atoms with van der Waals surface area (Å²) in [4.78, 5) is 2.64. The molecule has 1 N–H and O–H groups in total. The number of nitrogens with zero attached hydrogens (tertiary/aromatic N) is 1. The third-order valence-corrected chi connectivity index (χ3v) is 9.30. The van der Waals surface area contributed by atoms with Crippen molar-refractivity contribution in [2.45, 2.75) is 65.4 Å². The molecule has 0 aromatic carbocycles. The summed E-state index contributed by atoms with van der Waals surface area (Å²) in [6.07, 6.45) is 12.1. The molecule has 0 amide bonds. The highest BCUT2D eigenvalue weighted by Gasteiger charge is 2.58. The molecule has 2 saturated carbocycles. The van der Waals surface area contributed by atoms with Gasteiger partial charge in [0.15, 0.2) is 0 Å². The van der Waals surface area contributed by atoms with Crippen molar-refractivity contribution < 1.29 is 9.84 Å². The lowest BCUT2D eigenvalue weighted by atomic mass is 9.46. The second-order valence-corrected chi connectivity index (χ2v) is 10.5. The summed E-state index contributed by atoms with van der Waals surface area (Å²) in [5.41, 5.74) is 3.90. The summed E-state index contributed by atoms with van der Waals surface area (Å²) in [6, 6.07) is 0. The van der Waals surface area contributed by atoms with E-state index in [1.165, 1.54) is 25.7 Å². The number of aliphatic hydroxyl groups excluding tert-OH is 1. The number of fused-ring (bicyclic) bond motifs is 5. The van der Waals surface area contributed by atoms with Gasteiger partial charge in [-0.2, -0.15) is 0 Å². The maximum atomic E-state index is 10.3. The standard InChI is InChI=1S/C24H37NO2/c1-16-14-17-15-18(26)6-8-23(17,2)20-7-9-24(3)19(22(16)20)4-5-21(24)25-10-12-27-13-11-25/h5,14,16,18-20,22,26H,4,6-13,15H2,1-3H3/t16-,18+,19+,20+,22+,23+,24+/m1/s1. The Morgan fingerprint density at radius 3 is 2.59 bits per heavy atom. The maximum absolute atomic E-state index is 10.3. The summed E-state index contributed by atoms with van der Waals surface area (Å²) < 4.78 is 5.62. The van der Waals surface area contributed by atoms with Gasteiger partial charge in [-0.3, -0.25) is 0 Å². The monoisotopic (exact) mass is 371 g/mol. The third kappa shape index (κ3) is 2.60. The van der Waals surface area contributed by atoms with Crippen LogP contribution < -0.4 is 0 Å². The van der Waals surface area contributed by atoms with E-state index in [2.05, 4.69) is 37.8 Å². The Kier molecular flexibility index (Phi) is 4.29. The molecule has 0 radical (unpaired) electrons. The Labute approximate surface area is 164 Å². The quantitative estimate of drug-likeness (QED) is 0.694. The minimum atomic E-state index is -0.108. The molecule has 0 aromatic rings. The van der Waals surface area contributed by atoms with E-state index in [-0.39, 0.29) is 6.10 Å². The Bertz CT molecular complexity index is 663. The Morgan fingerprint density at radius 2 is 1.81 bits per heavy atom. The van der Waals surface area contributed by atoms with Gasteiger partial charge in [0.05, 0.1) is 19.3 Å². The zero-order valence-electron chi connectivity index (χ0n) is 17.4. The third-order valence-electron chi connectivity index (χ3n) is 9.30. The van der Waals surface area contributed by atoms with Gasteiger partial charge < -0.3 is 14.7 Å². The van der Waals surface area contributed by atoms with Crippen molar-refractivity contribution in [2.75, 3.05) is 26.3 Å². The van der Waals surface area contributed by atoms with Crippen LogP contribution in [0.1, 0.15) is 59.3 Å². The molecule has 27 heavy (non-hydrogen) atoms. The summed E-state index contributed by atoms with van der Waals surface area (Å²) in [5.74, 6) is 3.02. The van der Waals surface area contributed by atoms with Gasteiger partial charge >= 0.3 is 0 Å². The predicted molar refractivity (Wildman–Crippen MR) is 108 cm³/mol. The molecule has 0 aromatic heterocycles. The molecule has 1 heterocycles. The second-order valence-electron chi connectivity index (χ2n) is 10.5. The number of morpholine rings is 1. The molecule has 1 saturated heterocycles. The smallest absolute Gasteiger partial charge is 0.0642 e. The van der Waals surface area contributed by atoms with Gasteiger partial charge in [-0.05, 0) is 67.6 Å². The minimum absolute atomic E-state index is 0.108. The number of hydrogen-bond donors (Lipinski definition) is 1. The largest absolute Gasteiger partial charge is 0.393 e. The molecule has 5 aliphatic rings. The van der Waals surface area contributed by atoms with Crippen molar-refractivity contribution in [2.24, 2.45) is 34.5 Å². The van der Waals surface area contributed by atoms with Gasteiger partial charge in [-0.15, -0.1) is 0 Å². The van der Waals surface area contributed by atoms with Gasteiger partial charge in [0, 0.05) is 24.2 Å². The average molecular weight is 372 g/mol. The molecular formula is C24H37NO2. The highest BCUT2D eigenvalue weighted by Crippen LogP contribution is 2.66. The lowest BCUT2D eigenvalue weighted by Gasteiger charge is -2.60. The van der Waals surface area contributed by atoms with Gasteiger partial charge in [0.25, 0.3) is 0 Å². The van der Waals surface area contributed by atoms with E-state index < -0.39 is 0 Å². The summed E-state index contributed by atoms with van der Waals surface area (Å²) >= 11 is 0. The summed E-state index contributed by atoms with van der Waals surface area (Å²) in [7, 11) is 0. The van der Waals surface area contributed by atoms with Crippen LogP contribution in [0.15, 0.2) is 23.4 Å². The number of aliphatic hydroxyl groups is 1. The molecule has 0 unspecified atom stereocenters. The molecule has 3 heteroatoms. The first kappa shape index (κ1) is 18.2. The van der Waals surface area contributed by atoms with E-state index >= 15 is 0 Å². The fraction of sp³-hybridized carbons (Fsp3) is 0.833. The topological polar surface area (TPSA) is 32.7 Å². The lowest BCUT2D eigenvalue weighted by molar-refractivity contribution is -0.0579. The van der Waals surface area contributed by atoms with Crippen LogP contribution in [0, 0.1) is 34.5 Å². The molecule has 3 nitrogen and oxygen atoms in total. The fourth-order valence-corrected chi connectivity index (χ4v) is 7.84. The molecule has 7 atom stereocenters. The van der Waals surface area contributed by atoms with Crippen LogP contribution in [-0.2, 0) is 4.74 Å². The van der Waals surface area contributed by atoms with Crippen LogP contribution in [-0.4, -0.2) is 42.4 Å². The van der Waals surface area contributed by atoms with Crippen molar-refractivity contribution in [3.05, 3.63) is 23.4 Å². The van der Waals surface area contributed by atoms with E-state index in [9.17, 15) is 5.11 Å². The van der Waals surface area contributed by atoms with E-state index in [4.69, 9.17) is 4.74 Å². The first-order chi connectivity index (χ1) is 12.9. The Hall–Kier alpha value is -0.800. The average Bonchev–Trinajstić information content (AvgIpc) is 3.01. The van der Waals surface area contributed by atoms with Crippen LogP contribution in [0.3, 0.4) is 0 Å². The molecule has 1 aliphatic heterocycles. The molecule has 3 fully saturated rings. The Balaban J connectivity index is 1.46. The van der Waals surface area contributed by atoms with Crippen molar-refractivity contribution in [3.63, 3.8) is 0 Å². The van der Waals surface area contributed by atoms with Crippen molar-refractivity contribution in [1.29, 1.82) is 0 Å². The van der Waals surface area contributed by atoms with Crippen LogP contribution in [0.25, 0.3) is 0 Å². The van der Waals surface area contributed by atoms with E-state index in [0.717, 1.165) is 56.9 Å². The highest BCUT2D eigenvalue weighted by atomic mass is 16.5. The molecule has 4 aliphatic carbocycles. The lowest BCUT2D eigenvalue weighted by Crippen LogP contribution is -2.53. The fourth-order valence-electron chi connectivity index (χ4n) is 7.84. The van der Waals surface area contributed by atoms with Crippen LogP contribution in [0.5, 0.6) is 0 Å². The SMILES string of the molecule is C[C@@H]1C=C2C[C@@H](O)CC[C@]2(C)[C@H]2CC[C@]3(C)C(N4CCOCC4)=CC[C@H]3[C@H]12. The zero-order chi connectivity index (χ0) is 18.8. The van der Waals surface area contributed by atoms with Gasteiger partial charge in [0.2, 0.25) is 0 Å². The number of hydrogen-bond acceptors (Lipinski definition) is 3. The zero-order valence-corrected chi connectivity index (χ0v) is 17.4. The minimum Gasteiger partial charge on any atom is -0.393 e. The number of ether oxygens (including phenoxy) is 1. The number of allylic oxidation sites excluding steroid dienone is 3. The van der Waals surface area contributed by atoms with Crippen molar-refractivity contribution >= 4 is 0 Å². The van der Waals surface area contributed by atoms with Gasteiger partial charge in [-0.25, -0.2) is 0 Å². The highest BCUT2D eigenvalue weighted by molar-refractivity contribution is 5.31. The van der Waals surface area contributed by atoms with Crippen LogP contribution in [0.4, 0.5) is 0 Å². The van der Waals surface area contributed by atoms with Gasteiger partial charge in [-0.1, -0.05) is 38.5 Å². The van der Waals surface area contributed by atoms with E-state index in [0.29, 0.717) is 16.7 Å². The summed E-state index contributed by atoms with van der Waals surface area (Å²) in [5, 5.41) is 10.3. The summed E-state index contributed by atoms with van der Waals surface area (Å²) in [6.45, 7) is 11.5. The predicted octanol–water partition coefficient (Wildman–Crippen LogP) is 4.38. The maximum Gasteiger partial charge on any atom is 0.0642 e. The van der Waals surface area contributed by atoms with Gasteiger partial charge in [0.1, 0.15) is 0 Å². The number of rotatable bonds is 1. The Morgan fingerprint density at radius 1 is 1.07 bits per heavy atom. The van der Waals surface area contributed by atoms with Crippen molar-refractivity contribution in [3.8, 4) is 0 Å². The van der Waals surface area contributed by atoms with Crippen molar-refractivity contribution in [1.82, 2.24) is 4.90 Å². The molecule has 5 rings (SSSR count). The molecule has 0 bridgehead atoms. The molecular weight excluding hydrogens is 334 g/mol. The van der Waals surface area contributed by atoms with Crippen LogP contribution in [0.2, 0.25) is 0 Å². The first-order valence-corrected chi connectivity index (χ1v) is 11.4.